The van der Waals surface area contributed by atoms with Crippen molar-refractivity contribution in [2.45, 2.75) is 13.8 Å². The summed E-state index contributed by atoms with van der Waals surface area (Å²) in [6.07, 6.45) is 0. The van der Waals surface area contributed by atoms with Gasteiger partial charge in [-0.05, 0) is 19.2 Å². The van der Waals surface area contributed by atoms with E-state index < -0.39 is 0 Å². The van der Waals surface area contributed by atoms with E-state index in [1.54, 1.807) is 11.0 Å². The number of piperazine rings is 1. The van der Waals surface area contributed by atoms with Crippen molar-refractivity contribution in [2.24, 2.45) is 0 Å². The van der Waals surface area contributed by atoms with E-state index in [0.717, 1.165) is 13.1 Å². The second-order valence-electron chi connectivity index (χ2n) is 6.21. The number of halogens is 3. The van der Waals surface area contributed by atoms with Crippen molar-refractivity contribution in [3.63, 3.8) is 0 Å². The maximum atomic E-state index is 12.8. The third-order valence-electron chi connectivity index (χ3n) is 4.72. The molecule has 1 fully saturated rings. The van der Waals surface area contributed by atoms with Crippen molar-refractivity contribution in [3.8, 4) is 5.75 Å². The number of carbonyl (C=O) groups excluding carboxylic acids is 2. The lowest BCUT2D eigenvalue weighted by Gasteiger charge is -2.36. The van der Waals surface area contributed by atoms with Gasteiger partial charge in [-0.2, -0.15) is 0 Å². The summed E-state index contributed by atoms with van der Waals surface area (Å²) in [4.78, 5) is 30.8. The molecule has 1 saturated heterocycles. The van der Waals surface area contributed by atoms with Crippen LogP contribution in [0.1, 0.15) is 24.2 Å². The number of nitrogens with two attached hydrogens (primary N) is 1. The van der Waals surface area contributed by atoms with Crippen LogP contribution < -0.4 is 10.5 Å². The molecule has 0 spiro atoms. The predicted molar refractivity (Wildman–Crippen MR) is 117 cm³/mol. The molecule has 0 saturated carbocycles. The summed E-state index contributed by atoms with van der Waals surface area (Å²) < 4.78 is 5.26. The molecule has 1 heterocycles. The number of methoxy groups -OCH3 is 1. The number of nitrogens with zero attached hydrogens (tertiary/aromatic N) is 3. The van der Waals surface area contributed by atoms with E-state index in [1.165, 1.54) is 13.2 Å². The number of ether oxygens (including phenoxy) is 1. The SMILES string of the molecule is CCN(CC)CC(=O)N1CCN(C(=O)c2cc(Cl)c(N)cc2OC)CC1.Cl.Cl. The van der Waals surface area contributed by atoms with Gasteiger partial charge in [0.15, 0.2) is 0 Å². The van der Waals surface area contributed by atoms with Crippen LogP contribution >= 0.6 is 36.4 Å². The standard InChI is InChI=1S/C18H27ClN4O3.2ClH/c1-4-21(5-2)12-17(24)22-6-8-23(9-7-22)18(25)13-10-14(19)15(20)11-16(13)26-3;;/h10-11H,4-9,12,20H2,1-3H3;2*1H. The monoisotopic (exact) mass is 454 g/mol. The molecule has 0 atom stereocenters. The zero-order valence-corrected chi connectivity index (χ0v) is 18.8. The molecule has 2 amide bonds. The average Bonchev–Trinajstić information content (AvgIpc) is 2.67. The summed E-state index contributed by atoms with van der Waals surface area (Å²) >= 11 is 6.06. The molecule has 28 heavy (non-hydrogen) atoms. The predicted octanol–water partition coefficient (Wildman–Crippen LogP) is 2.40. The number of benzene rings is 1. The normalized spacial score (nSPS) is 13.6. The second kappa shape index (κ2) is 12.2. The lowest BCUT2D eigenvalue weighted by atomic mass is 10.1. The van der Waals surface area contributed by atoms with E-state index in [0.29, 0.717) is 54.7 Å². The van der Waals surface area contributed by atoms with Crippen LogP contribution in [0, 0.1) is 0 Å². The molecule has 1 aromatic carbocycles. The summed E-state index contributed by atoms with van der Waals surface area (Å²) in [5.41, 5.74) is 6.52. The van der Waals surface area contributed by atoms with Crippen molar-refractivity contribution < 1.29 is 14.3 Å². The van der Waals surface area contributed by atoms with Crippen molar-refractivity contribution in [1.29, 1.82) is 0 Å². The van der Waals surface area contributed by atoms with Crippen LogP contribution in [0.25, 0.3) is 0 Å². The maximum absolute atomic E-state index is 12.8. The summed E-state index contributed by atoms with van der Waals surface area (Å²) in [6.45, 7) is 8.20. The van der Waals surface area contributed by atoms with Crippen molar-refractivity contribution in [3.05, 3.63) is 22.7 Å². The fraction of sp³-hybridized carbons (Fsp3) is 0.556. The average molecular weight is 456 g/mol. The third kappa shape index (κ3) is 6.30. The van der Waals surface area contributed by atoms with Crippen LogP contribution in [0.15, 0.2) is 12.1 Å². The molecular weight excluding hydrogens is 427 g/mol. The van der Waals surface area contributed by atoms with Crippen LogP contribution in [-0.2, 0) is 4.79 Å². The Balaban J connectivity index is 0.00000364. The molecular formula is C18H29Cl3N4O3. The Morgan fingerprint density at radius 1 is 1.11 bits per heavy atom. The Morgan fingerprint density at radius 2 is 1.64 bits per heavy atom. The smallest absolute Gasteiger partial charge is 0.257 e. The highest BCUT2D eigenvalue weighted by Crippen LogP contribution is 2.30. The van der Waals surface area contributed by atoms with E-state index in [-0.39, 0.29) is 36.6 Å². The molecule has 7 nitrogen and oxygen atoms in total. The highest BCUT2D eigenvalue weighted by atomic mass is 35.5. The maximum Gasteiger partial charge on any atom is 0.257 e. The first-order chi connectivity index (χ1) is 12.4. The number of hydrogen-bond donors (Lipinski definition) is 1. The van der Waals surface area contributed by atoms with Gasteiger partial charge in [0.05, 0.1) is 29.9 Å². The summed E-state index contributed by atoms with van der Waals surface area (Å²) in [5.74, 6) is 0.338. The number of carbonyl (C=O) groups is 2. The van der Waals surface area contributed by atoms with Crippen LogP contribution in [0.2, 0.25) is 5.02 Å². The van der Waals surface area contributed by atoms with Gasteiger partial charge in [-0.25, -0.2) is 0 Å². The lowest BCUT2D eigenvalue weighted by molar-refractivity contribution is -0.133. The molecule has 0 unspecified atom stereocenters. The number of likely N-dealkylation sites (N-methyl/N-ethyl adjacent to an activating group) is 1. The zero-order valence-electron chi connectivity index (χ0n) is 16.4. The van der Waals surface area contributed by atoms with Crippen molar-refractivity contribution in [1.82, 2.24) is 14.7 Å². The first kappa shape index (κ1) is 26.6. The number of amides is 2. The molecule has 2 N–H and O–H groups in total. The number of hydrogen-bond acceptors (Lipinski definition) is 5. The van der Waals surface area contributed by atoms with Gasteiger partial charge < -0.3 is 20.3 Å². The lowest BCUT2D eigenvalue weighted by Crippen LogP contribution is -2.52. The van der Waals surface area contributed by atoms with Gasteiger partial charge in [0.2, 0.25) is 5.91 Å². The minimum atomic E-state index is -0.167. The molecule has 1 aromatic rings. The van der Waals surface area contributed by atoms with E-state index in [4.69, 9.17) is 22.1 Å². The van der Waals surface area contributed by atoms with Crippen LogP contribution in [0.5, 0.6) is 5.75 Å². The molecule has 1 aliphatic heterocycles. The Hall–Kier alpha value is -1.41. The minimum Gasteiger partial charge on any atom is -0.496 e. The molecule has 2 rings (SSSR count). The van der Waals surface area contributed by atoms with E-state index in [2.05, 4.69) is 4.90 Å². The van der Waals surface area contributed by atoms with E-state index in [1.807, 2.05) is 18.7 Å². The Labute approximate surface area is 183 Å². The summed E-state index contributed by atoms with van der Waals surface area (Å²) in [5, 5.41) is 0.321. The zero-order chi connectivity index (χ0) is 19.3. The fourth-order valence-corrected chi connectivity index (χ4v) is 3.14. The van der Waals surface area contributed by atoms with Gasteiger partial charge in [0.1, 0.15) is 5.75 Å². The second-order valence-corrected chi connectivity index (χ2v) is 6.62. The van der Waals surface area contributed by atoms with Gasteiger partial charge in [-0.15, -0.1) is 24.8 Å². The number of anilines is 1. The van der Waals surface area contributed by atoms with Gasteiger partial charge >= 0.3 is 0 Å². The van der Waals surface area contributed by atoms with Gasteiger partial charge in [-0.3, -0.25) is 14.5 Å². The van der Waals surface area contributed by atoms with Crippen LogP contribution in [0.4, 0.5) is 5.69 Å². The van der Waals surface area contributed by atoms with Gasteiger partial charge in [0.25, 0.3) is 5.91 Å². The van der Waals surface area contributed by atoms with Gasteiger partial charge in [0, 0.05) is 32.2 Å². The molecule has 0 radical (unpaired) electrons. The van der Waals surface area contributed by atoms with E-state index in [9.17, 15) is 9.59 Å². The molecule has 10 heteroatoms. The minimum absolute atomic E-state index is 0. The molecule has 0 aromatic heterocycles. The number of nitrogen functional groups attached to an aromatic ring is 1. The first-order valence-corrected chi connectivity index (χ1v) is 9.21. The fourth-order valence-electron chi connectivity index (χ4n) is 2.97. The molecule has 0 aliphatic carbocycles. The largest absolute Gasteiger partial charge is 0.496 e. The van der Waals surface area contributed by atoms with Crippen LogP contribution in [0.3, 0.4) is 0 Å². The molecule has 1 aliphatic rings. The highest BCUT2D eigenvalue weighted by molar-refractivity contribution is 6.33. The van der Waals surface area contributed by atoms with E-state index >= 15 is 0 Å². The Morgan fingerprint density at radius 3 is 2.14 bits per heavy atom. The first-order valence-electron chi connectivity index (χ1n) is 8.83. The summed E-state index contributed by atoms with van der Waals surface area (Å²) in [6, 6.07) is 3.09. The Bertz CT molecular complexity index is 664. The van der Waals surface area contributed by atoms with Gasteiger partial charge in [-0.1, -0.05) is 25.4 Å². The van der Waals surface area contributed by atoms with Crippen molar-refractivity contribution >= 4 is 53.9 Å². The molecule has 160 valence electrons. The number of rotatable bonds is 6. The molecule has 0 bridgehead atoms. The highest BCUT2D eigenvalue weighted by Gasteiger charge is 2.27. The van der Waals surface area contributed by atoms with Crippen molar-refractivity contribution in [2.75, 3.05) is 58.7 Å². The quantitative estimate of drug-likeness (QED) is 0.666. The van der Waals surface area contributed by atoms with Crippen LogP contribution in [-0.4, -0.2) is 79.4 Å². The summed E-state index contributed by atoms with van der Waals surface area (Å²) in [7, 11) is 1.49. The Kier molecular flexibility index (Phi) is 11.6. The third-order valence-corrected chi connectivity index (χ3v) is 5.05. The topological polar surface area (TPSA) is 79.1 Å².